The van der Waals surface area contributed by atoms with Gasteiger partial charge in [-0.25, -0.2) is 0 Å². The quantitative estimate of drug-likeness (QED) is 0.282. The van der Waals surface area contributed by atoms with E-state index in [1.54, 1.807) is 0 Å². The Hall–Kier alpha value is 0.560. The second-order valence-electron chi connectivity index (χ2n) is 5.54. The average Bonchev–Trinajstić information content (AvgIpc) is 2.65. The fraction of sp³-hybridized carbons (Fsp3) is 0.556. The molecular weight excluding hydrogens is 434 g/mol. The summed E-state index contributed by atoms with van der Waals surface area (Å²) in [6.45, 7) is 12.6. The van der Waals surface area contributed by atoms with E-state index in [-0.39, 0.29) is 0 Å². The summed E-state index contributed by atoms with van der Waals surface area (Å²) in [6, 6.07) is 9.06. The zero-order valence-corrected chi connectivity index (χ0v) is 21.3. The van der Waals surface area contributed by atoms with Gasteiger partial charge in [0.15, 0.2) is 0 Å². The fourth-order valence-corrected chi connectivity index (χ4v) is 8.73. The van der Waals surface area contributed by atoms with Gasteiger partial charge in [0, 0.05) is 26.2 Å². The maximum Gasteiger partial charge on any atom is 0.140 e. The molecular formula is C18H30N2P2S4. The van der Waals surface area contributed by atoms with Crippen LogP contribution in [0.1, 0.15) is 38.8 Å². The Labute approximate surface area is 182 Å². The van der Waals surface area contributed by atoms with Crippen LogP contribution >= 0.6 is 62.8 Å². The molecule has 146 valence electrons. The second-order valence-corrected chi connectivity index (χ2v) is 12.3. The molecule has 0 spiro atoms. The first-order valence-corrected chi connectivity index (χ1v) is 15.3. The summed E-state index contributed by atoms with van der Waals surface area (Å²) in [4.78, 5) is 4.49. The van der Waals surface area contributed by atoms with Gasteiger partial charge in [-0.15, -0.1) is 0 Å². The van der Waals surface area contributed by atoms with E-state index >= 15 is 0 Å². The zero-order chi connectivity index (χ0) is 19.4. The third-order valence-corrected chi connectivity index (χ3v) is 11.0. The van der Waals surface area contributed by atoms with E-state index in [0.717, 1.165) is 62.7 Å². The zero-order valence-electron chi connectivity index (χ0n) is 16.1. The predicted molar refractivity (Wildman–Crippen MR) is 137 cm³/mol. The molecule has 0 saturated heterocycles. The number of hydrogen-bond acceptors (Lipinski definition) is 4. The monoisotopic (exact) mass is 464 g/mol. The van der Waals surface area contributed by atoms with Crippen LogP contribution in [0.15, 0.2) is 24.3 Å². The number of nitrogens with zero attached hydrogens (tertiary/aromatic N) is 2. The van der Waals surface area contributed by atoms with E-state index in [9.17, 15) is 0 Å². The van der Waals surface area contributed by atoms with Gasteiger partial charge in [-0.2, -0.15) is 0 Å². The molecule has 0 bridgehead atoms. The number of thiocarbonyl (C=S) groups is 2. The van der Waals surface area contributed by atoms with Gasteiger partial charge >= 0.3 is 0 Å². The molecule has 0 N–H and O–H groups in total. The van der Waals surface area contributed by atoms with Crippen molar-refractivity contribution < 1.29 is 0 Å². The van der Waals surface area contributed by atoms with Gasteiger partial charge in [0.05, 0.1) is 0 Å². The summed E-state index contributed by atoms with van der Waals surface area (Å²) in [5.41, 5.74) is 2.80. The second kappa shape index (κ2) is 14.5. The third-order valence-electron chi connectivity index (χ3n) is 3.94. The molecule has 0 amide bonds. The van der Waals surface area contributed by atoms with Crippen molar-refractivity contribution >= 4 is 71.4 Å². The van der Waals surface area contributed by atoms with E-state index in [4.69, 9.17) is 24.4 Å². The Kier molecular flexibility index (Phi) is 13.8. The molecule has 1 aromatic rings. The van der Waals surface area contributed by atoms with Crippen molar-refractivity contribution in [3.8, 4) is 0 Å². The molecule has 2 nitrogen and oxygen atoms in total. The van der Waals surface area contributed by atoms with Crippen molar-refractivity contribution in [3.05, 3.63) is 35.4 Å². The minimum Gasteiger partial charge on any atom is -0.358 e. The maximum atomic E-state index is 5.49. The summed E-state index contributed by atoms with van der Waals surface area (Å²) in [6.07, 6.45) is 2.19. The predicted octanol–water partition coefficient (Wildman–Crippen LogP) is 6.59. The van der Waals surface area contributed by atoms with Crippen molar-refractivity contribution in [2.24, 2.45) is 0 Å². The lowest BCUT2D eigenvalue weighted by Crippen LogP contribution is -2.25. The van der Waals surface area contributed by atoms with Crippen LogP contribution in [0.25, 0.3) is 0 Å². The summed E-state index contributed by atoms with van der Waals surface area (Å²) >= 11 is 14.6. The van der Waals surface area contributed by atoms with Gasteiger partial charge in [0.2, 0.25) is 0 Å². The van der Waals surface area contributed by atoms with E-state index in [2.05, 4.69) is 61.8 Å². The van der Waals surface area contributed by atoms with Gasteiger partial charge in [0.25, 0.3) is 0 Å². The first kappa shape index (κ1) is 24.6. The van der Waals surface area contributed by atoms with Gasteiger partial charge in [0.1, 0.15) is 8.64 Å². The van der Waals surface area contributed by atoms with Gasteiger partial charge in [-0.05, 0) is 66.7 Å². The largest absolute Gasteiger partial charge is 0.358 e. The molecule has 26 heavy (non-hydrogen) atoms. The summed E-state index contributed by atoms with van der Waals surface area (Å²) in [7, 11) is 1.58. The molecule has 0 heterocycles. The molecule has 2 unspecified atom stereocenters. The smallest absolute Gasteiger partial charge is 0.140 e. The SMILES string of the molecule is CCN(CC)C(=S)SPCc1ccc(CPSC(=S)N(CC)CC)cc1. The van der Waals surface area contributed by atoms with E-state index in [0.29, 0.717) is 0 Å². The van der Waals surface area contributed by atoms with Crippen LogP contribution in [-0.4, -0.2) is 44.6 Å². The van der Waals surface area contributed by atoms with Gasteiger partial charge in [-0.3, -0.25) is 0 Å². The van der Waals surface area contributed by atoms with Crippen LogP contribution in [0.5, 0.6) is 0 Å². The minimum absolute atomic E-state index is 0.789. The van der Waals surface area contributed by atoms with Crippen molar-refractivity contribution in [1.82, 2.24) is 9.80 Å². The molecule has 0 aliphatic carbocycles. The number of benzene rings is 1. The number of rotatable bonds is 10. The van der Waals surface area contributed by atoms with Crippen LogP contribution < -0.4 is 0 Å². The molecule has 0 aromatic heterocycles. The first-order chi connectivity index (χ1) is 12.5. The van der Waals surface area contributed by atoms with Gasteiger partial charge < -0.3 is 9.80 Å². The Morgan fingerprint density at radius 3 is 1.31 bits per heavy atom. The Morgan fingerprint density at radius 1 is 0.731 bits per heavy atom. The summed E-state index contributed by atoms with van der Waals surface area (Å²) in [5.74, 6) is 0. The maximum absolute atomic E-state index is 5.49. The standard InChI is InChI=1S/C18H30N2P2S4/c1-5-19(6-2)17(23)25-21-13-15-9-11-16(12-10-15)14-22-26-18(24)20(7-3)8-4/h9-12,21-22H,5-8,13-14H2,1-4H3. The van der Waals surface area contributed by atoms with E-state index < -0.39 is 0 Å². The highest BCUT2D eigenvalue weighted by Gasteiger charge is 2.07. The fourth-order valence-electron chi connectivity index (χ4n) is 2.23. The molecule has 1 rings (SSSR count). The lowest BCUT2D eigenvalue weighted by molar-refractivity contribution is 0.482. The lowest BCUT2D eigenvalue weighted by atomic mass is 10.2. The van der Waals surface area contributed by atoms with Crippen LogP contribution in [0.4, 0.5) is 0 Å². The molecule has 0 radical (unpaired) electrons. The summed E-state index contributed by atoms with van der Waals surface area (Å²) < 4.78 is 2.07. The van der Waals surface area contributed by atoms with Gasteiger partial charge in [-0.1, -0.05) is 71.5 Å². The molecule has 2 atom stereocenters. The highest BCUT2D eigenvalue weighted by Crippen LogP contribution is 2.37. The molecule has 0 aliphatic rings. The van der Waals surface area contributed by atoms with Crippen LogP contribution in [0, 0.1) is 0 Å². The topological polar surface area (TPSA) is 6.48 Å². The Balaban J connectivity index is 2.33. The molecule has 1 aromatic carbocycles. The Morgan fingerprint density at radius 2 is 1.04 bits per heavy atom. The molecule has 8 heteroatoms. The highest BCUT2D eigenvalue weighted by atomic mass is 32.7. The van der Waals surface area contributed by atoms with E-state index in [1.165, 1.54) is 11.1 Å². The van der Waals surface area contributed by atoms with Crippen molar-refractivity contribution in [2.45, 2.75) is 40.0 Å². The van der Waals surface area contributed by atoms with Crippen LogP contribution in [0.2, 0.25) is 0 Å². The Bertz CT molecular complexity index is 498. The van der Waals surface area contributed by atoms with Crippen molar-refractivity contribution in [2.75, 3.05) is 26.2 Å². The van der Waals surface area contributed by atoms with E-state index in [1.807, 2.05) is 22.8 Å². The number of hydrogen-bond donors (Lipinski definition) is 0. The van der Waals surface area contributed by atoms with Crippen LogP contribution in [0.3, 0.4) is 0 Å². The average molecular weight is 465 g/mol. The normalized spacial score (nSPS) is 11.5. The first-order valence-electron chi connectivity index (χ1n) is 9.00. The molecule has 0 aliphatic heterocycles. The van der Waals surface area contributed by atoms with Crippen molar-refractivity contribution in [1.29, 1.82) is 0 Å². The lowest BCUT2D eigenvalue weighted by Gasteiger charge is -2.20. The van der Waals surface area contributed by atoms with Crippen LogP contribution in [-0.2, 0) is 12.3 Å². The minimum atomic E-state index is 0.789. The highest BCUT2D eigenvalue weighted by molar-refractivity contribution is 8.60. The molecule has 0 fully saturated rings. The third kappa shape index (κ3) is 9.17. The van der Waals surface area contributed by atoms with Crippen molar-refractivity contribution in [3.63, 3.8) is 0 Å². The molecule has 0 saturated carbocycles. The summed E-state index contributed by atoms with van der Waals surface area (Å²) in [5, 5.41) is 0.